The van der Waals surface area contributed by atoms with Crippen molar-refractivity contribution < 1.29 is 9.90 Å². The molecule has 5 nitrogen and oxygen atoms in total. The second kappa shape index (κ2) is 13.1. The Morgan fingerprint density at radius 2 is 1.64 bits per heavy atom. The highest BCUT2D eigenvalue weighted by Gasteiger charge is 2.35. The average molecular weight is 450 g/mol. The first-order valence-corrected chi connectivity index (χ1v) is 12.0. The molecule has 2 aromatic carbocycles. The van der Waals surface area contributed by atoms with Crippen LogP contribution in [-0.4, -0.2) is 36.2 Å². The van der Waals surface area contributed by atoms with Gasteiger partial charge in [-0.15, -0.1) is 0 Å². The third kappa shape index (κ3) is 7.42. The zero-order valence-corrected chi connectivity index (χ0v) is 20.4. The molecule has 0 aliphatic carbocycles. The van der Waals surface area contributed by atoms with Crippen LogP contribution in [0.2, 0.25) is 0 Å². The lowest BCUT2D eigenvalue weighted by Crippen LogP contribution is -2.53. The molecule has 33 heavy (non-hydrogen) atoms. The molecule has 1 amide bonds. The first kappa shape index (κ1) is 26.6. The lowest BCUT2D eigenvalue weighted by molar-refractivity contribution is -0.124. The number of benzene rings is 2. The van der Waals surface area contributed by atoms with Crippen LogP contribution in [0.25, 0.3) is 0 Å². The van der Waals surface area contributed by atoms with E-state index in [-0.39, 0.29) is 30.4 Å². The van der Waals surface area contributed by atoms with Crippen LogP contribution in [0.5, 0.6) is 0 Å². The molecule has 3 N–H and O–H groups in total. The molecule has 0 aliphatic heterocycles. The van der Waals surface area contributed by atoms with Crippen LogP contribution in [-0.2, 0) is 16.6 Å². The molecule has 0 saturated heterocycles. The van der Waals surface area contributed by atoms with Gasteiger partial charge in [0.1, 0.15) is 0 Å². The van der Waals surface area contributed by atoms with E-state index in [4.69, 9.17) is 0 Å². The Labute approximate surface area is 199 Å². The van der Waals surface area contributed by atoms with Crippen LogP contribution in [0.3, 0.4) is 0 Å². The van der Waals surface area contributed by atoms with Crippen molar-refractivity contribution in [3.63, 3.8) is 0 Å². The van der Waals surface area contributed by atoms with E-state index in [0.717, 1.165) is 11.1 Å². The van der Waals surface area contributed by atoms with Crippen molar-refractivity contribution in [1.29, 1.82) is 5.26 Å². The molecule has 0 radical (unpaired) electrons. The van der Waals surface area contributed by atoms with E-state index in [1.807, 2.05) is 74.5 Å². The smallest absolute Gasteiger partial charge is 0.237 e. The van der Waals surface area contributed by atoms with Gasteiger partial charge in [-0.05, 0) is 42.2 Å². The van der Waals surface area contributed by atoms with Crippen LogP contribution < -0.4 is 10.6 Å². The van der Waals surface area contributed by atoms with E-state index in [0.29, 0.717) is 25.8 Å². The molecular formula is C28H39N3O2. The van der Waals surface area contributed by atoms with Gasteiger partial charge >= 0.3 is 0 Å². The second-order valence-electron chi connectivity index (χ2n) is 9.46. The molecule has 178 valence electrons. The number of hydrogen-bond donors (Lipinski definition) is 3. The Hall–Kier alpha value is -2.68. The predicted molar refractivity (Wildman–Crippen MR) is 134 cm³/mol. The maximum absolute atomic E-state index is 13.0. The standard InChI is InChI=1S/C28H39N3O2/c1-21(2)26(31-25(19-32)18-23-12-7-5-8-13-23)27(33)30-17-11-16-28(20-29,22(3)4)24-14-9-6-10-15-24/h5-10,12-15,21-22,25-26,31-32H,11,16-19H2,1-4H3,(H,30,33)/t25?,26-,28-/m0/s1. The van der Waals surface area contributed by atoms with Crippen molar-refractivity contribution >= 4 is 5.91 Å². The number of nitrogens with zero attached hydrogens (tertiary/aromatic N) is 1. The van der Waals surface area contributed by atoms with E-state index in [1.54, 1.807) is 0 Å². The summed E-state index contributed by atoms with van der Waals surface area (Å²) in [7, 11) is 0. The highest BCUT2D eigenvalue weighted by molar-refractivity contribution is 5.82. The summed E-state index contributed by atoms with van der Waals surface area (Å²) in [5, 5.41) is 26.3. The second-order valence-corrected chi connectivity index (χ2v) is 9.46. The number of carbonyl (C=O) groups excluding carboxylic acids is 1. The van der Waals surface area contributed by atoms with Gasteiger partial charge in [0.25, 0.3) is 0 Å². The van der Waals surface area contributed by atoms with Crippen LogP contribution in [0.15, 0.2) is 60.7 Å². The van der Waals surface area contributed by atoms with Gasteiger partial charge in [-0.25, -0.2) is 0 Å². The monoisotopic (exact) mass is 449 g/mol. The van der Waals surface area contributed by atoms with Crippen LogP contribution >= 0.6 is 0 Å². The predicted octanol–water partition coefficient (Wildman–Crippen LogP) is 4.22. The molecule has 0 fully saturated rings. The summed E-state index contributed by atoms with van der Waals surface area (Å²) < 4.78 is 0. The third-order valence-corrected chi connectivity index (χ3v) is 6.43. The Bertz CT molecular complexity index is 877. The molecule has 3 atom stereocenters. The Balaban J connectivity index is 1.95. The summed E-state index contributed by atoms with van der Waals surface area (Å²) >= 11 is 0. The summed E-state index contributed by atoms with van der Waals surface area (Å²) in [6.45, 7) is 8.63. The van der Waals surface area contributed by atoms with Crippen molar-refractivity contribution in [2.24, 2.45) is 11.8 Å². The van der Waals surface area contributed by atoms with Crippen LogP contribution in [0.4, 0.5) is 0 Å². The quantitative estimate of drug-likeness (QED) is 0.400. The van der Waals surface area contributed by atoms with E-state index >= 15 is 0 Å². The largest absolute Gasteiger partial charge is 0.395 e. The number of nitriles is 1. The van der Waals surface area contributed by atoms with Gasteiger partial charge in [0.05, 0.1) is 24.1 Å². The van der Waals surface area contributed by atoms with Crippen molar-refractivity contribution in [2.45, 2.75) is 64.5 Å². The Morgan fingerprint density at radius 3 is 2.15 bits per heavy atom. The Kier molecular flexibility index (Phi) is 10.6. The maximum Gasteiger partial charge on any atom is 0.237 e. The summed E-state index contributed by atoms with van der Waals surface area (Å²) in [5.74, 6) is 0.172. The number of aliphatic hydroxyl groups is 1. The highest BCUT2D eigenvalue weighted by atomic mass is 16.3. The minimum atomic E-state index is -0.570. The number of rotatable bonds is 13. The highest BCUT2D eigenvalue weighted by Crippen LogP contribution is 2.36. The molecule has 5 heteroatoms. The van der Waals surface area contributed by atoms with Crippen LogP contribution in [0.1, 0.15) is 51.7 Å². The van der Waals surface area contributed by atoms with Crippen molar-refractivity contribution in [2.75, 3.05) is 13.2 Å². The molecule has 2 rings (SSSR count). The first-order chi connectivity index (χ1) is 15.8. The molecule has 0 saturated carbocycles. The number of amides is 1. The third-order valence-electron chi connectivity index (χ3n) is 6.43. The summed E-state index contributed by atoms with van der Waals surface area (Å²) in [4.78, 5) is 13.0. The van der Waals surface area contributed by atoms with Crippen molar-refractivity contribution in [3.05, 3.63) is 71.8 Å². The van der Waals surface area contributed by atoms with Gasteiger partial charge in [-0.3, -0.25) is 4.79 Å². The van der Waals surface area contributed by atoms with Crippen molar-refractivity contribution in [1.82, 2.24) is 10.6 Å². The molecule has 0 heterocycles. The number of nitrogens with one attached hydrogen (secondary N) is 2. The summed E-state index contributed by atoms with van der Waals surface area (Å²) in [6.07, 6.45) is 2.05. The van der Waals surface area contributed by atoms with Gasteiger partial charge in [0.15, 0.2) is 0 Å². The Morgan fingerprint density at radius 1 is 1.03 bits per heavy atom. The topological polar surface area (TPSA) is 85.2 Å². The minimum absolute atomic E-state index is 0.0401. The van der Waals surface area contributed by atoms with E-state index in [2.05, 4.69) is 30.6 Å². The van der Waals surface area contributed by atoms with E-state index in [9.17, 15) is 15.2 Å². The number of hydrogen-bond acceptors (Lipinski definition) is 4. The molecule has 0 bridgehead atoms. The van der Waals surface area contributed by atoms with Gasteiger partial charge in [0.2, 0.25) is 5.91 Å². The lowest BCUT2D eigenvalue weighted by atomic mass is 9.70. The fourth-order valence-electron chi connectivity index (χ4n) is 4.34. The molecule has 2 aromatic rings. The SMILES string of the molecule is CC(C)[C@H](NC(CO)Cc1ccccc1)C(=O)NCCC[C@@](C#N)(c1ccccc1)C(C)C. The van der Waals surface area contributed by atoms with Gasteiger partial charge in [-0.2, -0.15) is 5.26 Å². The van der Waals surface area contributed by atoms with Crippen LogP contribution in [0, 0.1) is 23.2 Å². The summed E-state index contributed by atoms with van der Waals surface area (Å²) in [5.41, 5.74) is 1.58. The van der Waals surface area contributed by atoms with Gasteiger partial charge in [-0.1, -0.05) is 88.4 Å². The van der Waals surface area contributed by atoms with Crippen molar-refractivity contribution in [3.8, 4) is 6.07 Å². The lowest BCUT2D eigenvalue weighted by Gasteiger charge is -2.31. The van der Waals surface area contributed by atoms with Gasteiger partial charge < -0.3 is 15.7 Å². The summed E-state index contributed by atoms with van der Waals surface area (Å²) in [6, 6.07) is 21.9. The van der Waals surface area contributed by atoms with E-state index < -0.39 is 11.5 Å². The maximum atomic E-state index is 13.0. The fourth-order valence-corrected chi connectivity index (χ4v) is 4.34. The molecule has 1 unspecified atom stereocenters. The average Bonchev–Trinajstić information content (AvgIpc) is 2.82. The molecule has 0 spiro atoms. The molecular weight excluding hydrogens is 410 g/mol. The van der Waals surface area contributed by atoms with Gasteiger partial charge in [0, 0.05) is 12.6 Å². The number of carbonyl (C=O) groups is 1. The van der Waals surface area contributed by atoms with E-state index in [1.165, 1.54) is 0 Å². The first-order valence-electron chi connectivity index (χ1n) is 12.0. The minimum Gasteiger partial charge on any atom is -0.395 e. The zero-order valence-electron chi connectivity index (χ0n) is 20.4. The molecule has 0 aliphatic rings. The zero-order chi connectivity index (χ0) is 24.3. The normalized spacial score (nSPS) is 15.0. The number of aliphatic hydroxyl groups excluding tert-OH is 1. The fraction of sp³-hybridized carbons (Fsp3) is 0.500. The molecule has 0 aromatic heterocycles.